The highest BCUT2D eigenvalue weighted by molar-refractivity contribution is 7.99. The zero-order valence-corrected chi connectivity index (χ0v) is 19.6. The maximum absolute atomic E-state index is 13.3. The molecule has 0 atom stereocenters. The van der Waals surface area contributed by atoms with Crippen LogP contribution < -0.4 is 10.9 Å². The van der Waals surface area contributed by atoms with Gasteiger partial charge >= 0.3 is 0 Å². The Balaban J connectivity index is 1.59. The number of hydrogen-bond acceptors (Lipinski definition) is 7. The third-order valence-electron chi connectivity index (χ3n) is 4.64. The van der Waals surface area contributed by atoms with Gasteiger partial charge < -0.3 is 5.32 Å². The van der Waals surface area contributed by atoms with E-state index in [1.54, 1.807) is 46.2 Å². The van der Waals surface area contributed by atoms with Gasteiger partial charge in [0.2, 0.25) is 5.91 Å². The second kappa shape index (κ2) is 9.64. The van der Waals surface area contributed by atoms with Gasteiger partial charge in [-0.1, -0.05) is 36.0 Å². The molecule has 0 saturated heterocycles. The molecule has 0 aliphatic heterocycles. The van der Waals surface area contributed by atoms with Gasteiger partial charge in [0, 0.05) is 33.6 Å². The Hall–Kier alpha value is -3.01. The molecule has 1 aromatic carbocycles. The number of benzene rings is 1. The number of carbonyl (C=O) groups excluding carboxylic acids is 2. The van der Waals surface area contributed by atoms with Crippen molar-refractivity contribution in [1.82, 2.24) is 9.55 Å². The average molecular weight is 482 g/mol. The van der Waals surface area contributed by atoms with Crippen molar-refractivity contribution in [3.05, 3.63) is 75.7 Å². The predicted octanol–water partition coefficient (Wildman–Crippen LogP) is 5.31. The number of Topliss-reactive ketones (excluding diaryl/α,β-unsaturated/α-hetero) is 1. The molecule has 9 heteroatoms. The first-order chi connectivity index (χ1) is 15.5. The topological polar surface area (TPSA) is 81.1 Å². The van der Waals surface area contributed by atoms with Crippen LogP contribution in [-0.2, 0) is 11.3 Å². The van der Waals surface area contributed by atoms with Crippen LogP contribution >= 0.6 is 34.4 Å². The molecule has 3 heterocycles. The molecule has 4 aromatic rings. The molecule has 0 bridgehead atoms. The van der Waals surface area contributed by atoms with Crippen molar-refractivity contribution in [1.29, 1.82) is 0 Å². The number of thiophene rings is 2. The van der Waals surface area contributed by atoms with Crippen LogP contribution in [0.1, 0.15) is 17.3 Å². The second-order valence-electron chi connectivity index (χ2n) is 6.88. The number of nitrogens with zero attached hydrogens (tertiary/aromatic N) is 2. The van der Waals surface area contributed by atoms with Gasteiger partial charge in [0.1, 0.15) is 4.83 Å². The van der Waals surface area contributed by atoms with E-state index in [4.69, 9.17) is 0 Å². The number of aromatic nitrogens is 2. The summed E-state index contributed by atoms with van der Waals surface area (Å²) in [6.07, 6.45) is 1.64. The first-order valence-corrected chi connectivity index (χ1v) is 12.4. The summed E-state index contributed by atoms with van der Waals surface area (Å²) in [5, 5.41) is 7.78. The van der Waals surface area contributed by atoms with Gasteiger partial charge in [-0.3, -0.25) is 19.0 Å². The minimum atomic E-state index is -0.249. The minimum Gasteiger partial charge on any atom is -0.325 e. The first-order valence-electron chi connectivity index (χ1n) is 9.68. The van der Waals surface area contributed by atoms with Crippen LogP contribution in [0.2, 0.25) is 0 Å². The van der Waals surface area contributed by atoms with Gasteiger partial charge in [0.25, 0.3) is 5.56 Å². The van der Waals surface area contributed by atoms with E-state index in [0.29, 0.717) is 33.2 Å². The number of hydrogen-bond donors (Lipinski definition) is 1. The van der Waals surface area contributed by atoms with Gasteiger partial charge in [-0.15, -0.1) is 29.3 Å². The van der Waals surface area contributed by atoms with Crippen molar-refractivity contribution in [2.75, 3.05) is 11.1 Å². The number of ketones is 1. The maximum atomic E-state index is 13.3. The summed E-state index contributed by atoms with van der Waals surface area (Å²) in [5.74, 6) is -0.248. The Kier molecular flexibility index (Phi) is 6.69. The molecule has 1 N–H and O–H groups in total. The zero-order chi connectivity index (χ0) is 22.7. The van der Waals surface area contributed by atoms with Crippen LogP contribution in [0.3, 0.4) is 0 Å². The molecule has 32 heavy (non-hydrogen) atoms. The fourth-order valence-corrected chi connectivity index (χ4v) is 5.77. The summed E-state index contributed by atoms with van der Waals surface area (Å²) in [7, 11) is 0. The third-order valence-corrected chi connectivity index (χ3v) is 7.39. The molecule has 4 rings (SSSR count). The average Bonchev–Trinajstić information content (AvgIpc) is 3.44. The number of rotatable bonds is 8. The van der Waals surface area contributed by atoms with Crippen molar-refractivity contribution < 1.29 is 9.59 Å². The first kappa shape index (κ1) is 22.2. The Bertz CT molecular complexity index is 1370. The van der Waals surface area contributed by atoms with E-state index in [1.807, 2.05) is 22.9 Å². The summed E-state index contributed by atoms with van der Waals surface area (Å²) < 4.78 is 1.55. The molecular weight excluding hydrogens is 462 g/mol. The third kappa shape index (κ3) is 4.59. The number of nitrogens with one attached hydrogen (secondary N) is 1. The zero-order valence-electron chi connectivity index (χ0n) is 17.2. The number of fused-ring (bicyclic) bond motifs is 1. The van der Waals surface area contributed by atoms with Crippen molar-refractivity contribution in [3.63, 3.8) is 0 Å². The van der Waals surface area contributed by atoms with Gasteiger partial charge in [-0.05, 0) is 30.5 Å². The largest absolute Gasteiger partial charge is 0.325 e. The van der Waals surface area contributed by atoms with E-state index in [2.05, 4.69) is 16.9 Å². The number of thioether (sulfide) groups is 1. The van der Waals surface area contributed by atoms with E-state index in [1.165, 1.54) is 30.0 Å². The molecule has 6 nitrogen and oxygen atoms in total. The summed E-state index contributed by atoms with van der Waals surface area (Å²) in [4.78, 5) is 43.7. The standard InChI is InChI=1S/C23H19N3O3S3/c1-3-9-26-22(29)20-17(18-8-5-10-30-18)12-31-21(20)25-23(26)32-13-19(28)24-16-7-4-6-15(11-16)14(2)27/h3-8,10-12H,1,9,13H2,2H3,(H,24,28). The lowest BCUT2D eigenvalue weighted by Crippen LogP contribution is -2.23. The van der Waals surface area contributed by atoms with Gasteiger partial charge in [0.15, 0.2) is 10.9 Å². The monoisotopic (exact) mass is 481 g/mol. The fraction of sp³-hybridized carbons (Fsp3) is 0.130. The molecule has 0 spiro atoms. The van der Waals surface area contributed by atoms with Crippen molar-refractivity contribution >= 4 is 62.0 Å². The Labute approximate surface area is 196 Å². The second-order valence-corrected chi connectivity index (χ2v) is 9.63. The lowest BCUT2D eigenvalue weighted by atomic mass is 10.1. The van der Waals surface area contributed by atoms with Crippen LogP contribution in [0.5, 0.6) is 0 Å². The number of allylic oxidation sites excluding steroid dienone is 1. The Morgan fingerprint density at radius 1 is 1.25 bits per heavy atom. The Morgan fingerprint density at radius 2 is 2.09 bits per heavy atom. The van der Waals surface area contributed by atoms with Gasteiger partial charge in [-0.25, -0.2) is 4.98 Å². The molecular formula is C23H19N3O3S3. The molecule has 0 fully saturated rings. The highest BCUT2D eigenvalue weighted by Gasteiger charge is 2.18. The van der Waals surface area contributed by atoms with Crippen LogP contribution in [0.25, 0.3) is 20.7 Å². The summed E-state index contributed by atoms with van der Waals surface area (Å²) in [5.41, 5.74) is 1.82. The normalized spacial score (nSPS) is 10.9. The molecule has 1 amide bonds. The van der Waals surface area contributed by atoms with E-state index >= 15 is 0 Å². The van der Waals surface area contributed by atoms with E-state index in [0.717, 1.165) is 10.4 Å². The van der Waals surface area contributed by atoms with Crippen LogP contribution in [0, 0.1) is 0 Å². The molecule has 0 aliphatic rings. The molecule has 0 aliphatic carbocycles. The Morgan fingerprint density at radius 3 is 2.81 bits per heavy atom. The number of carbonyl (C=O) groups is 2. The van der Waals surface area contributed by atoms with Crippen molar-refractivity contribution in [3.8, 4) is 10.4 Å². The highest BCUT2D eigenvalue weighted by atomic mass is 32.2. The van der Waals surface area contributed by atoms with E-state index in [9.17, 15) is 14.4 Å². The maximum Gasteiger partial charge on any atom is 0.263 e. The van der Waals surface area contributed by atoms with E-state index < -0.39 is 0 Å². The predicted molar refractivity (Wildman–Crippen MR) is 133 cm³/mol. The lowest BCUT2D eigenvalue weighted by molar-refractivity contribution is -0.113. The number of amides is 1. The SMILES string of the molecule is C=CCn1c(SCC(=O)Nc2cccc(C(C)=O)c2)nc2scc(-c3cccs3)c2c1=O. The number of anilines is 1. The summed E-state index contributed by atoms with van der Waals surface area (Å²) in [6.45, 7) is 5.53. The smallest absolute Gasteiger partial charge is 0.263 e. The van der Waals surface area contributed by atoms with E-state index in [-0.39, 0.29) is 23.0 Å². The summed E-state index contributed by atoms with van der Waals surface area (Å²) in [6, 6.07) is 10.7. The fourth-order valence-electron chi connectivity index (χ4n) is 3.16. The molecule has 0 radical (unpaired) electrons. The summed E-state index contributed by atoms with van der Waals surface area (Å²) >= 11 is 4.19. The van der Waals surface area contributed by atoms with Crippen LogP contribution in [-0.4, -0.2) is 27.0 Å². The van der Waals surface area contributed by atoms with Gasteiger partial charge in [-0.2, -0.15) is 0 Å². The van der Waals surface area contributed by atoms with Crippen LogP contribution in [0.4, 0.5) is 5.69 Å². The lowest BCUT2D eigenvalue weighted by Gasteiger charge is -2.11. The van der Waals surface area contributed by atoms with Crippen molar-refractivity contribution in [2.45, 2.75) is 18.6 Å². The minimum absolute atomic E-state index is 0.0701. The van der Waals surface area contributed by atoms with Gasteiger partial charge in [0.05, 0.1) is 11.1 Å². The molecule has 0 saturated carbocycles. The quantitative estimate of drug-likeness (QED) is 0.160. The van der Waals surface area contributed by atoms with Crippen LogP contribution in [0.15, 0.2) is 69.8 Å². The molecule has 0 unspecified atom stereocenters. The molecule has 3 aromatic heterocycles. The molecule has 162 valence electrons. The van der Waals surface area contributed by atoms with Crippen molar-refractivity contribution in [2.24, 2.45) is 0 Å². The highest BCUT2D eigenvalue weighted by Crippen LogP contribution is 2.34.